The molecule has 1 aliphatic rings. The number of nitrogens with zero attached hydrogens (tertiary/aromatic N) is 1. The van der Waals surface area contributed by atoms with Gasteiger partial charge in [-0.25, -0.2) is 4.39 Å². The Kier molecular flexibility index (Phi) is 6.06. The minimum absolute atomic E-state index is 0.156. The van der Waals surface area contributed by atoms with Gasteiger partial charge in [-0.15, -0.1) is 0 Å². The molecule has 0 aliphatic carbocycles. The molecule has 0 saturated carbocycles. The highest BCUT2D eigenvalue weighted by molar-refractivity contribution is 6.03. The summed E-state index contributed by atoms with van der Waals surface area (Å²) in [6.07, 6.45) is 0.660. The average Bonchev–Trinajstić information content (AvgIpc) is 3.13. The maximum Gasteiger partial charge on any atom is 0.252 e. The summed E-state index contributed by atoms with van der Waals surface area (Å²) < 4.78 is 24.1. The first kappa shape index (κ1) is 20.6. The van der Waals surface area contributed by atoms with E-state index in [1.807, 2.05) is 13.8 Å². The van der Waals surface area contributed by atoms with Gasteiger partial charge in [0.2, 0.25) is 5.91 Å². The molecule has 0 spiro atoms. The number of nitrogens with one attached hydrogen (secondary N) is 1. The summed E-state index contributed by atoms with van der Waals surface area (Å²) in [6, 6.07) is 8.53. The third-order valence-corrected chi connectivity index (χ3v) is 5.04. The number of amides is 2. The zero-order valence-corrected chi connectivity index (χ0v) is 17.0. The van der Waals surface area contributed by atoms with Crippen LogP contribution in [0.1, 0.15) is 29.8 Å². The molecule has 1 unspecified atom stereocenters. The Labute approximate surface area is 169 Å². The van der Waals surface area contributed by atoms with Crippen LogP contribution in [0.25, 0.3) is 0 Å². The maximum atomic E-state index is 13.7. The Morgan fingerprint density at radius 3 is 2.31 bits per heavy atom. The molecular weight excluding hydrogens is 375 g/mol. The number of methoxy groups -OCH3 is 2. The fourth-order valence-corrected chi connectivity index (χ4v) is 3.43. The second-order valence-electron chi connectivity index (χ2n) is 7.31. The standard InChI is InChI=1S/C22H25FN2O4/c1-13(2)20(22(27)25-8-7-14-5-6-16(23)11-19(14)25)24-21(26)15-9-17(28-3)12-18(10-15)29-4/h5-6,9-13,20H,7-8H2,1-4H3,(H,24,26). The lowest BCUT2D eigenvalue weighted by atomic mass is 10.0. The van der Waals surface area contributed by atoms with Gasteiger partial charge in [-0.1, -0.05) is 19.9 Å². The Morgan fingerprint density at radius 2 is 1.72 bits per heavy atom. The molecule has 154 valence electrons. The summed E-state index contributed by atoms with van der Waals surface area (Å²) in [5, 5.41) is 2.82. The van der Waals surface area contributed by atoms with E-state index in [-0.39, 0.29) is 11.8 Å². The van der Waals surface area contributed by atoms with Gasteiger partial charge in [-0.3, -0.25) is 9.59 Å². The van der Waals surface area contributed by atoms with Gasteiger partial charge in [0.25, 0.3) is 5.91 Å². The second-order valence-corrected chi connectivity index (χ2v) is 7.31. The quantitative estimate of drug-likeness (QED) is 0.809. The summed E-state index contributed by atoms with van der Waals surface area (Å²) in [4.78, 5) is 27.6. The van der Waals surface area contributed by atoms with Crippen LogP contribution >= 0.6 is 0 Å². The van der Waals surface area contributed by atoms with Crippen LogP contribution in [0, 0.1) is 11.7 Å². The van der Waals surface area contributed by atoms with Crippen molar-refractivity contribution < 1.29 is 23.5 Å². The number of hydrogen-bond acceptors (Lipinski definition) is 4. The first-order valence-corrected chi connectivity index (χ1v) is 9.47. The van der Waals surface area contributed by atoms with Gasteiger partial charge in [0.05, 0.1) is 14.2 Å². The smallest absolute Gasteiger partial charge is 0.252 e. The Hall–Kier alpha value is -3.09. The molecule has 0 radical (unpaired) electrons. The lowest BCUT2D eigenvalue weighted by Gasteiger charge is -2.27. The molecule has 0 aromatic heterocycles. The van der Waals surface area contributed by atoms with Crippen molar-refractivity contribution >= 4 is 17.5 Å². The van der Waals surface area contributed by atoms with Crippen LogP contribution in [0.4, 0.5) is 10.1 Å². The van der Waals surface area contributed by atoms with Gasteiger partial charge in [-0.05, 0) is 42.2 Å². The van der Waals surface area contributed by atoms with Crippen LogP contribution in [0.5, 0.6) is 11.5 Å². The number of carbonyl (C=O) groups excluding carboxylic acids is 2. The zero-order valence-electron chi connectivity index (χ0n) is 17.0. The maximum absolute atomic E-state index is 13.7. The summed E-state index contributed by atoms with van der Waals surface area (Å²) in [5.74, 6) is -0.258. The predicted octanol–water partition coefficient (Wildman–Crippen LogP) is 3.19. The van der Waals surface area contributed by atoms with Gasteiger partial charge < -0.3 is 19.7 Å². The minimum Gasteiger partial charge on any atom is -0.497 e. The molecule has 2 aromatic rings. The van der Waals surface area contributed by atoms with Gasteiger partial charge >= 0.3 is 0 Å². The normalized spacial score (nSPS) is 13.8. The molecule has 3 rings (SSSR count). The van der Waals surface area contributed by atoms with Crippen LogP contribution in [0.15, 0.2) is 36.4 Å². The van der Waals surface area contributed by atoms with Crippen LogP contribution in [0.2, 0.25) is 0 Å². The van der Waals surface area contributed by atoms with Gasteiger partial charge in [0, 0.05) is 23.9 Å². The van der Waals surface area contributed by atoms with Crippen molar-refractivity contribution in [1.29, 1.82) is 0 Å². The van der Waals surface area contributed by atoms with E-state index in [2.05, 4.69) is 5.32 Å². The van der Waals surface area contributed by atoms with E-state index >= 15 is 0 Å². The van der Waals surface area contributed by atoms with Crippen LogP contribution in [0.3, 0.4) is 0 Å². The van der Waals surface area contributed by atoms with Crippen LogP contribution in [-0.4, -0.2) is 38.6 Å². The van der Waals surface area contributed by atoms with Gasteiger partial charge in [0.15, 0.2) is 0 Å². The lowest BCUT2D eigenvalue weighted by Crippen LogP contribution is -2.51. The monoisotopic (exact) mass is 400 g/mol. The van der Waals surface area contributed by atoms with E-state index in [4.69, 9.17) is 9.47 Å². The largest absolute Gasteiger partial charge is 0.497 e. The number of halogens is 1. The Morgan fingerprint density at radius 1 is 1.07 bits per heavy atom. The van der Waals surface area contributed by atoms with E-state index in [9.17, 15) is 14.0 Å². The van der Waals surface area contributed by atoms with Crippen LogP contribution < -0.4 is 19.7 Å². The van der Waals surface area contributed by atoms with Gasteiger partial charge in [-0.2, -0.15) is 0 Å². The first-order valence-electron chi connectivity index (χ1n) is 9.47. The molecule has 7 heteroatoms. The van der Waals surface area contributed by atoms with E-state index in [0.29, 0.717) is 35.7 Å². The number of anilines is 1. The number of carbonyl (C=O) groups is 2. The Bertz CT molecular complexity index is 907. The fourth-order valence-electron chi connectivity index (χ4n) is 3.43. The van der Waals surface area contributed by atoms with E-state index in [1.165, 1.54) is 26.4 Å². The molecule has 1 aliphatic heterocycles. The summed E-state index contributed by atoms with van der Waals surface area (Å²) in [6.45, 7) is 4.18. The van der Waals surface area contributed by atoms with E-state index < -0.39 is 17.8 Å². The highest BCUT2D eigenvalue weighted by atomic mass is 19.1. The molecule has 0 bridgehead atoms. The summed E-state index contributed by atoms with van der Waals surface area (Å²) in [7, 11) is 3.00. The number of ether oxygens (including phenoxy) is 2. The summed E-state index contributed by atoms with van der Waals surface area (Å²) >= 11 is 0. The van der Waals surface area contributed by atoms with Crippen LogP contribution in [-0.2, 0) is 11.2 Å². The number of benzene rings is 2. The van der Waals surface area contributed by atoms with Crippen molar-refractivity contribution in [2.75, 3.05) is 25.7 Å². The fraction of sp³-hybridized carbons (Fsp3) is 0.364. The molecule has 1 N–H and O–H groups in total. The first-order chi connectivity index (χ1) is 13.8. The minimum atomic E-state index is -0.756. The van der Waals surface area contributed by atoms with Crippen molar-refractivity contribution in [3.8, 4) is 11.5 Å². The third-order valence-electron chi connectivity index (χ3n) is 5.04. The lowest BCUT2D eigenvalue weighted by molar-refractivity contribution is -0.121. The predicted molar refractivity (Wildman–Crippen MR) is 108 cm³/mol. The third kappa shape index (κ3) is 4.34. The number of rotatable bonds is 6. The topological polar surface area (TPSA) is 67.9 Å². The van der Waals surface area contributed by atoms with Gasteiger partial charge in [0.1, 0.15) is 23.4 Å². The van der Waals surface area contributed by atoms with E-state index in [1.54, 1.807) is 29.2 Å². The zero-order chi connectivity index (χ0) is 21.1. The highest BCUT2D eigenvalue weighted by Gasteiger charge is 2.33. The molecular formula is C22H25FN2O4. The van der Waals surface area contributed by atoms with E-state index in [0.717, 1.165) is 5.56 Å². The highest BCUT2D eigenvalue weighted by Crippen LogP contribution is 2.30. The van der Waals surface area contributed by atoms with Crippen molar-refractivity contribution in [2.45, 2.75) is 26.3 Å². The Balaban J connectivity index is 1.84. The summed E-state index contributed by atoms with van der Waals surface area (Å²) in [5.41, 5.74) is 1.82. The molecule has 0 saturated heterocycles. The molecule has 2 aromatic carbocycles. The molecule has 29 heavy (non-hydrogen) atoms. The van der Waals surface area contributed by atoms with Crippen molar-refractivity contribution in [3.05, 3.63) is 53.3 Å². The molecule has 0 fully saturated rings. The average molecular weight is 400 g/mol. The van der Waals surface area contributed by atoms with Crippen molar-refractivity contribution in [1.82, 2.24) is 5.32 Å². The molecule has 6 nitrogen and oxygen atoms in total. The SMILES string of the molecule is COc1cc(OC)cc(C(=O)NC(C(=O)N2CCc3ccc(F)cc32)C(C)C)c1. The number of hydrogen-bond donors (Lipinski definition) is 1. The number of fused-ring (bicyclic) bond motifs is 1. The van der Waals surface area contributed by atoms with Crippen molar-refractivity contribution in [3.63, 3.8) is 0 Å². The second kappa shape index (κ2) is 8.51. The van der Waals surface area contributed by atoms with Crippen molar-refractivity contribution in [2.24, 2.45) is 5.92 Å². The molecule has 1 atom stereocenters. The molecule has 2 amide bonds. The molecule has 1 heterocycles.